The van der Waals surface area contributed by atoms with Gasteiger partial charge in [0.05, 0.1) is 0 Å². The minimum Gasteiger partial charge on any atom is -0.483 e. The third-order valence-corrected chi connectivity index (χ3v) is 3.88. The van der Waals surface area contributed by atoms with Crippen LogP contribution in [0, 0.1) is 0 Å². The molecule has 0 aliphatic heterocycles. The van der Waals surface area contributed by atoms with E-state index in [-0.39, 0.29) is 12.5 Å². The molecule has 0 unspecified atom stereocenters. The number of nitrogens with zero attached hydrogens (tertiary/aromatic N) is 1. The molecule has 1 N–H and O–H groups in total. The third-order valence-electron chi connectivity index (χ3n) is 3.88. The first-order valence-corrected chi connectivity index (χ1v) is 7.78. The van der Waals surface area contributed by atoms with Gasteiger partial charge >= 0.3 is 0 Å². The standard InChI is InChI=1S/C18H20N2O2/c21-18(20-19-15-9-2-1-3-10-15)13-22-17-12-6-8-14-7-4-5-11-16(14)17/h4-8,11-12H,1-3,9-10,13H2,(H,20,21). The molecule has 0 radical (unpaired) electrons. The first kappa shape index (κ1) is 14.6. The molecule has 114 valence electrons. The number of rotatable bonds is 4. The lowest BCUT2D eigenvalue weighted by Crippen LogP contribution is -2.26. The summed E-state index contributed by atoms with van der Waals surface area (Å²) in [7, 11) is 0. The predicted molar refractivity (Wildman–Crippen MR) is 88.1 cm³/mol. The van der Waals surface area contributed by atoms with Gasteiger partial charge in [-0.15, -0.1) is 0 Å². The maximum absolute atomic E-state index is 11.9. The molecule has 2 aromatic rings. The summed E-state index contributed by atoms with van der Waals surface area (Å²) >= 11 is 0. The fraction of sp³-hybridized carbons (Fsp3) is 0.333. The Hall–Kier alpha value is -2.36. The van der Waals surface area contributed by atoms with Crippen molar-refractivity contribution in [3.8, 4) is 5.75 Å². The Labute approximate surface area is 130 Å². The fourth-order valence-corrected chi connectivity index (χ4v) is 2.71. The minimum absolute atomic E-state index is 0.0230. The molecule has 1 saturated carbocycles. The number of hydrazone groups is 1. The molecule has 1 aliphatic carbocycles. The molecule has 2 aromatic carbocycles. The van der Waals surface area contributed by atoms with Gasteiger partial charge in [-0.2, -0.15) is 5.10 Å². The number of nitrogens with one attached hydrogen (secondary N) is 1. The van der Waals surface area contributed by atoms with Gasteiger partial charge in [-0.25, -0.2) is 5.43 Å². The highest BCUT2D eigenvalue weighted by molar-refractivity contribution is 5.89. The summed E-state index contributed by atoms with van der Waals surface area (Å²) in [4.78, 5) is 11.9. The maximum Gasteiger partial charge on any atom is 0.277 e. The van der Waals surface area contributed by atoms with Crippen molar-refractivity contribution >= 4 is 22.4 Å². The topological polar surface area (TPSA) is 50.7 Å². The first-order valence-electron chi connectivity index (χ1n) is 7.78. The molecule has 1 amide bonds. The SMILES string of the molecule is O=C(COc1cccc2ccccc12)NN=C1CCCCC1. The van der Waals surface area contributed by atoms with E-state index in [2.05, 4.69) is 10.5 Å². The molecule has 1 aliphatic rings. The number of carbonyl (C=O) groups is 1. The Morgan fingerprint density at radius 2 is 1.82 bits per heavy atom. The largest absolute Gasteiger partial charge is 0.483 e. The molecule has 4 heteroatoms. The van der Waals surface area contributed by atoms with Crippen molar-refractivity contribution in [1.82, 2.24) is 5.43 Å². The van der Waals surface area contributed by atoms with Gasteiger partial charge in [-0.1, -0.05) is 42.8 Å². The molecule has 0 saturated heterocycles. The van der Waals surface area contributed by atoms with Gasteiger partial charge in [0.1, 0.15) is 5.75 Å². The van der Waals surface area contributed by atoms with E-state index in [1.165, 1.54) is 19.3 Å². The number of hydrogen-bond acceptors (Lipinski definition) is 3. The first-order chi connectivity index (χ1) is 10.8. The van der Waals surface area contributed by atoms with Crippen molar-refractivity contribution in [2.24, 2.45) is 5.10 Å². The zero-order valence-electron chi connectivity index (χ0n) is 12.5. The lowest BCUT2D eigenvalue weighted by molar-refractivity contribution is -0.123. The lowest BCUT2D eigenvalue weighted by Gasteiger charge is -2.12. The van der Waals surface area contributed by atoms with E-state index in [0.717, 1.165) is 35.1 Å². The van der Waals surface area contributed by atoms with E-state index in [1.54, 1.807) is 0 Å². The van der Waals surface area contributed by atoms with E-state index in [4.69, 9.17) is 4.74 Å². The monoisotopic (exact) mass is 296 g/mol. The lowest BCUT2D eigenvalue weighted by atomic mass is 9.99. The van der Waals surface area contributed by atoms with Crippen LogP contribution in [0.5, 0.6) is 5.75 Å². The Kier molecular flexibility index (Phi) is 4.68. The molecule has 0 bridgehead atoms. The van der Waals surface area contributed by atoms with Crippen molar-refractivity contribution in [1.29, 1.82) is 0 Å². The van der Waals surface area contributed by atoms with E-state index in [9.17, 15) is 4.79 Å². The van der Waals surface area contributed by atoms with Crippen molar-refractivity contribution in [2.75, 3.05) is 6.61 Å². The summed E-state index contributed by atoms with van der Waals surface area (Å²) in [5.41, 5.74) is 3.68. The Balaban J connectivity index is 1.58. The van der Waals surface area contributed by atoms with E-state index >= 15 is 0 Å². The molecular formula is C18H20N2O2. The van der Waals surface area contributed by atoms with Crippen molar-refractivity contribution in [3.63, 3.8) is 0 Å². The van der Waals surface area contributed by atoms with E-state index < -0.39 is 0 Å². The highest BCUT2D eigenvalue weighted by atomic mass is 16.5. The van der Waals surface area contributed by atoms with Crippen molar-refractivity contribution in [2.45, 2.75) is 32.1 Å². The minimum atomic E-state index is -0.217. The maximum atomic E-state index is 11.9. The number of fused-ring (bicyclic) bond motifs is 1. The summed E-state index contributed by atoms with van der Waals surface area (Å²) < 4.78 is 5.64. The summed E-state index contributed by atoms with van der Waals surface area (Å²) in [6, 6.07) is 13.8. The van der Waals surface area contributed by atoms with Crippen LogP contribution in [-0.4, -0.2) is 18.2 Å². The Morgan fingerprint density at radius 3 is 2.68 bits per heavy atom. The molecule has 4 nitrogen and oxygen atoms in total. The molecular weight excluding hydrogens is 276 g/mol. The quantitative estimate of drug-likeness (QED) is 0.875. The van der Waals surface area contributed by atoms with Gasteiger partial charge in [-0.05, 0) is 37.1 Å². The van der Waals surface area contributed by atoms with Crippen molar-refractivity contribution < 1.29 is 9.53 Å². The molecule has 22 heavy (non-hydrogen) atoms. The second-order valence-corrected chi connectivity index (χ2v) is 5.54. The van der Waals surface area contributed by atoms with Gasteiger partial charge in [0.2, 0.25) is 0 Å². The highest BCUT2D eigenvalue weighted by Crippen LogP contribution is 2.24. The van der Waals surface area contributed by atoms with Gasteiger partial charge in [-0.3, -0.25) is 4.79 Å². The van der Waals surface area contributed by atoms with Crippen LogP contribution in [0.4, 0.5) is 0 Å². The Bertz CT molecular complexity index is 681. The normalized spacial score (nSPS) is 14.6. The van der Waals surface area contributed by atoms with Crippen LogP contribution in [0.1, 0.15) is 32.1 Å². The van der Waals surface area contributed by atoms with Crippen LogP contribution in [0.15, 0.2) is 47.6 Å². The summed E-state index contributed by atoms with van der Waals surface area (Å²) in [5.74, 6) is 0.504. The molecule has 0 spiro atoms. The zero-order chi connectivity index (χ0) is 15.2. The fourth-order valence-electron chi connectivity index (χ4n) is 2.71. The van der Waals surface area contributed by atoms with Crippen LogP contribution in [0.3, 0.4) is 0 Å². The van der Waals surface area contributed by atoms with Gasteiger partial charge in [0.15, 0.2) is 6.61 Å². The van der Waals surface area contributed by atoms with Crippen molar-refractivity contribution in [3.05, 3.63) is 42.5 Å². The molecule has 0 atom stereocenters. The smallest absolute Gasteiger partial charge is 0.277 e. The second-order valence-electron chi connectivity index (χ2n) is 5.54. The number of carbonyl (C=O) groups excluding carboxylic acids is 1. The average Bonchev–Trinajstić information content (AvgIpc) is 2.59. The van der Waals surface area contributed by atoms with Crippen LogP contribution >= 0.6 is 0 Å². The van der Waals surface area contributed by atoms with Crippen LogP contribution in [-0.2, 0) is 4.79 Å². The zero-order valence-corrected chi connectivity index (χ0v) is 12.5. The van der Waals surface area contributed by atoms with Crippen LogP contribution < -0.4 is 10.2 Å². The van der Waals surface area contributed by atoms with Gasteiger partial charge < -0.3 is 4.74 Å². The molecule has 0 aromatic heterocycles. The Morgan fingerprint density at radius 1 is 1.05 bits per heavy atom. The average molecular weight is 296 g/mol. The summed E-state index contributed by atoms with van der Waals surface area (Å²) in [6.45, 7) is -0.0230. The number of hydrogen-bond donors (Lipinski definition) is 1. The van der Waals surface area contributed by atoms with E-state index in [1.807, 2.05) is 42.5 Å². The van der Waals surface area contributed by atoms with Gasteiger partial charge in [0, 0.05) is 11.1 Å². The molecule has 3 rings (SSSR count). The predicted octanol–water partition coefficient (Wildman–Crippen LogP) is 3.65. The van der Waals surface area contributed by atoms with E-state index in [0.29, 0.717) is 0 Å². The number of benzene rings is 2. The van der Waals surface area contributed by atoms with Crippen LogP contribution in [0.2, 0.25) is 0 Å². The third kappa shape index (κ3) is 3.64. The number of amides is 1. The molecule has 1 fully saturated rings. The van der Waals surface area contributed by atoms with Crippen LogP contribution in [0.25, 0.3) is 10.8 Å². The summed E-state index contributed by atoms with van der Waals surface area (Å²) in [5, 5.41) is 6.31. The summed E-state index contributed by atoms with van der Waals surface area (Å²) in [6.07, 6.45) is 5.58. The number of ether oxygens (including phenoxy) is 1. The second kappa shape index (κ2) is 7.07. The highest BCUT2D eigenvalue weighted by Gasteiger charge is 2.08. The van der Waals surface area contributed by atoms with Gasteiger partial charge in [0.25, 0.3) is 5.91 Å². The molecule has 0 heterocycles.